The fourth-order valence-electron chi connectivity index (χ4n) is 2.70. The van der Waals surface area contributed by atoms with E-state index in [0.717, 1.165) is 18.5 Å². The van der Waals surface area contributed by atoms with E-state index < -0.39 is 0 Å². The lowest BCUT2D eigenvalue weighted by molar-refractivity contribution is 0.145. The molecule has 1 aliphatic carbocycles. The third-order valence-corrected chi connectivity index (χ3v) is 3.97. The molecular formula is C14H17NO. The number of nitrogens with two attached hydrogens (primary N) is 1. The Morgan fingerprint density at radius 2 is 2.06 bits per heavy atom. The third-order valence-electron chi connectivity index (χ3n) is 3.97. The van der Waals surface area contributed by atoms with Crippen LogP contribution >= 0.6 is 0 Å². The molecule has 0 amide bonds. The first-order chi connectivity index (χ1) is 7.83. The molecule has 16 heavy (non-hydrogen) atoms. The van der Waals surface area contributed by atoms with Crippen LogP contribution in [0.15, 0.2) is 34.9 Å². The quantitative estimate of drug-likeness (QED) is 0.854. The monoisotopic (exact) mass is 215 g/mol. The van der Waals surface area contributed by atoms with Gasteiger partial charge in [0.25, 0.3) is 0 Å². The molecule has 0 atom stereocenters. The Labute approximate surface area is 95.4 Å². The van der Waals surface area contributed by atoms with Crippen LogP contribution in [-0.4, -0.2) is 6.54 Å². The van der Waals surface area contributed by atoms with Crippen LogP contribution in [0.3, 0.4) is 0 Å². The summed E-state index contributed by atoms with van der Waals surface area (Å²) < 4.78 is 5.57. The summed E-state index contributed by atoms with van der Waals surface area (Å²) in [5.41, 5.74) is 8.56. The summed E-state index contributed by atoms with van der Waals surface area (Å²) >= 11 is 0. The smallest absolute Gasteiger partial charge is 0.134 e. The first-order valence-corrected chi connectivity index (χ1v) is 5.98. The third kappa shape index (κ3) is 1.45. The molecule has 3 rings (SSSR count). The highest BCUT2D eigenvalue weighted by Crippen LogP contribution is 2.43. The van der Waals surface area contributed by atoms with Crippen LogP contribution < -0.4 is 5.73 Å². The number of hydrogen-bond donors (Lipinski definition) is 1. The number of furan rings is 1. The first kappa shape index (κ1) is 9.91. The van der Waals surface area contributed by atoms with Crippen molar-refractivity contribution in [2.24, 2.45) is 11.1 Å². The summed E-state index contributed by atoms with van der Waals surface area (Å²) in [4.78, 5) is 0. The fourth-order valence-corrected chi connectivity index (χ4v) is 2.70. The molecule has 1 saturated carbocycles. The second kappa shape index (κ2) is 3.63. The van der Waals surface area contributed by atoms with E-state index in [9.17, 15) is 0 Å². The molecule has 1 aromatic heterocycles. The Morgan fingerprint density at radius 3 is 2.75 bits per heavy atom. The highest BCUT2D eigenvalue weighted by Gasteiger charge is 2.36. The van der Waals surface area contributed by atoms with Crippen molar-refractivity contribution in [1.29, 1.82) is 0 Å². The van der Waals surface area contributed by atoms with Gasteiger partial charge in [0.2, 0.25) is 0 Å². The lowest BCUT2D eigenvalue weighted by Crippen LogP contribution is -2.39. The van der Waals surface area contributed by atoms with Gasteiger partial charge < -0.3 is 10.2 Å². The maximum absolute atomic E-state index is 5.90. The van der Waals surface area contributed by atoms with E-state index >= 15 is 0 Å². The van der Waals surface area contributed by atoms with Gasteiger partial charge in [-0.1, -0.05) is 24.6 Å². The number of para-hydroxylation sites is 1. The van der Waals surface area contributed by atoms with Gasteiger partial charge in [0, 0.05) is 5.39 Å². The van der Waals surface area contributed by atoms with Gasteiger partial charge in [-0.3, -0.25) is 0 Å². The van der Waals surface area contributed by atoms with Gasteiger partial charge in [0.1, 0.15) is 5.58 Å². The van der Waals surface area contributed by atoms with Crippen molar-refractivity contribution in [2.45, 2.75) is 25.7 Å². The van der Waals surface area contributed by atoms with E-state index in [1.165, 1.54) is 30.2 Å². The molecule has 0 aliphatic heterocycles. The van der Waals surface area contributed by atoms with Crippen LogP contribution in [0.2, 0.25) is 0 Å². The molecule has 1 aromatic carbocycles. The van der Waals surface area contributed by atoms with Gasteiger partial charge in [0.05, 0.1) is 6.26 Å². The summed E-state index contributed by atoms with van der Waals surface area (Å²) in [6.07, 6.45) is 6.83. The SMILES string of the molecule is NCC1(Cc2coc3ccccc23)CCC1. The van der Waals surface area contributed by atoms with Gasteiger partial charge in [-0.05, 0) is 42.9 Å². The molecule has 0 spiro atoms. The lowest BCUT2D eigenvalue weighted by Gasteiger charge is -2.41. The Morgan fingerprint density at radius 1 is 1.25 bits per heavy atom. The molecule has 2 aromatic rings. The van der Waals surface area contributed by atoms with Gasteiger partial charge in [-0.15, -0.1) is 0 Å². The standard InChI is InChI=1S/C14H17NO/c15-10-14(6-3-7-14)8-11-9-16-13-5-2-1-4-12(11)13/h1-2,4-5,9H,3,6-8,10,15H2. The van der Waals surface area contributed by atoms with Gasteiger partial charge in [0.15, 0.2) is 0 Å². The number of hydrogen-bond acceptors (Lipinski definition) is 2. The minimum Gasteiger partial charge on any atom is -0.464 e. The second-order valence-electron chi connectivity index (χ2n) is 4.99. The summed E-state index contributed by atoms with van der Waals surface area (Å²) in [5, 5.41) is 1.25. The zero-order valence-electron chi connectivity index (χ0n) is 9.41. The summed E-state index contributed by atoms with van der Waals surface area (Å²) in [6, 6.07) is 8.24. The molecule has 2 heteroatoms. The van der Waals surface area contributed by atoms with Crippen molar-refractivity contribution < 1.29 is 4.42 Å². The molecule has 1 heterocycles. The van der Waals surface area contributed by atoms with Crippen LogP contribution in [0.4, 0.5) is 0 Å². The topological polar surface area (TPSA) is 39.2 Å². The minimum absolute atomic E-state index is 0.354. The van der Waals surface area contributed by atoms with Crippen molar-refractivity contribution in [3.8, 4) is 0 Å². The number of fused-ring (bicyclic) bond motifs is 1. The van der Waals surface area contributed by atoms with Gasteiger partial charge >= 0.3 is 0 Å². The second-order valence-corrected chi connectivity index (χ2v) is 4.99. The van der Waals surface area contributed by atoms with E-state index in [1.807, 2.05) is 18.4 Å². The molecule has 1 aliphatic rings. The summed E-state index contributed by atoms with van der Waals surface area (Å²) in [5.74, 6) is 0. The van der Waals surface area contributed by atoms with Gasteiger partial charge in [-0.25, -0.2) is 0 Å². The molecular weight excluding hydrogens is 198 g/mol. The van der Waals surface area contributed by atoms with E-state index in [0.29, 0.717) is 5.41 Å². The first-order valence-electron chi connectivity index (χ1n) is 5.98. The minimum atomic E-state index is 0.354. The van der Waals surface area contributed by atoms with Crippen LogP contribution in [-0.2, 0) is 6.42 Å². The van der Waals surface area contributed by atoms with Crippen LogP contribution in [0, 0.1) is 5.41 Å². The molecule has 2 N–H and O–H groups in total. The lowest BCUT2D eigenvalue weighted by atomic mass is 9.65. The molecule has 84 valence electrons. The summed E-state index contributed by atoms with van der Waals surface area (Å²) in [6.45, 7) is 0.798. The Bertz CT molecular complexity index is 491. The van der Waals surface area contributed by atoms with E-state index in [1.54, 1.807) is 0 Å². The molecule has 0 bridgehead atoms. The molecule has 2 nitrogen and oxygen atoms in total. The zero-order chi connectivity index (χ0) is 11.0. The molecule has 0 saturated heterocycles. The van der Waals surface area contributed by atoms with Gasteiger partial charge in [-0.2, -0.15) is 0 Å². The van der Waals surface area contributed by atoms with Crippen molar-refractivity contribution >= 4 is 11.0 Å². The van der Waals surface area contributed by atoms with E-state index in [-0.39, 0.29) is 0 Å². The zero-order valence-corrected chi connectivity index (χ0v) is 9.41. The number of benzene rings is 1. The van der Waals surface area contributed by atoms with Crippen molar-refractivity contribution in [2.75, 3.05) is 6.54 Å². The Kier molecular flexibility index (Phi) is 2.25. The highest BCUT2D eigenvalue weighted by atomic mass is 16.3. The van der Waals surface area contributed by atoms with Crippen molar-refractivity contribution in [1.82, 2.24) is 0 Å². The maximum atomic E-state index is 5.90. The number of rotatable bonds is 3. The van der Waals surface area contributed by atoms with E-state index in [2.05, 4.69) is 12.1 Å². The largest absolute Gasteiger partial charge is 0.464 e. The predicted octanol–water partition coefficient (Wildman–Crippen LogP) is 3.10. The molecule has 1 fully saturated rings. The predicted molar refractivity (Wildman–Crippen MR) is 65.3 cm³/mol. The Hall–Kier alpha value is -1.28. The normalized spacial score (nSPS) is 18.6. The van der Waals surface area contributed by atoms with Crippen LogP contribution in [0.1, 0.15) is 24.8 Å². The maximum Gasteiger partial charge on any atom is 0.134 e. The van der Waals surface area contributed by atoms with Crippen LogP contribution in [0.5, 0.6) is 0 Å². The summed E-state index contributed by atoms with van der Waals surface area (Å²) in [7, 11) is 0. The molecule has 0 unspecified atom stereocenters. The Balaban J connectivity index is 1.94. The van der Waals surface area contributed by atoms with Crippen molar-refractivity contribution in [3.05, 3.63) is 36.1 Å². The van der Waals surface area contributed by atoms with E-state index in [4.69, 9.17) is 10.2 Å². The van der Waals surface area contributed by atoms with Crippen LogP contribution in [0.25, 0.3) is 11.0 Å². The highest BCUT2D eigenvalue weighted by molar-refractivity contribution is 5.80. The average Bonchev–Trinajstić information content (AvgIpc) is 2.67. The fraction of sp³-hybridized carbons (Fsp3) is 0.429. The van der Waals surface area contributed by atoms with Crippen molar-refractivity contribution in [3.63, 3.8) is 0 Å². The average molecular weight is 215 g/mol. The molecule has 0 radical (unpaired) electrons.